The molecular formula is C16H20BrN3. The molecular weight excluding hydrogens is 314 g/mol. The molecule has 0 amide bonds. The van der Waals surface area contributed by atoms with Crippen molar-refractivity contribution in [2.24, 2.45) is 5.92 Å². The Balaban J connectivity index is 1.66. The average Bonchev–Trinajstić information content (AvgIpc) is 2.49. The maximum absolute atomic E-state index is 4.48. The van der Waals surface area contributed by atoms with Crippen molar-refractivity contribution in [2.45, 2.75) is 19.3 Å². The van der Waals surface area contributed by atoms with Crippen molar-refractivity contribution in [1.82, 2.24) is 10.3 Å². The lowest BCUT2D eigenvalue weighted by Gasteiger charge is -2.22. The van der Waals surface area contributed by atoms with E-state index in [1.54, 1.807) is 0 Å². The fraction of sp³-hybridized carbons (Fsp3) is 0.438. The number of anilines is 1. The highest BCUT2D eigenvalue weighted by atomic mass is 79.9. The first-order chi connectivity index (χ1) is 9.84. The zero-order chi connectivity index (χ0) is 13.8. The number of rotatable bonds is 4. The average molecular weight is 334 g/mol. The van der Waals surface area contributed by atoms with Gasteiger partial charge in [-0.15, -0.1) is 0 Å². The van der Waals surface area contributed by atoms with Crippen LogP contribution in [0.15, 0.2) is 34.9 Å². The van der Waals surface area contributed by atoms with E-state index in [-0.39, 0.29) is 0 Å². The van der Waals surface area contributed by atoms with Crippen LogP contribution in [0.25, 0.3) is 10.8 Å². The predicted molar refractivity (Wildman–Crippen MR) is 88.1 cm³/mol. The highest BCUT2D eigenvalue weighted by Gasteiger charge is 2.12. The van der Waals surface area contributed by atoms with Crippen LogP contribution in [0.3, 0.4) is 0 Å². The van der Waals surface area contributed by atoms with E-state index < -0.39 is 0 Å². The van der Waals surface area contributed by atoms with Crippen LogP contribution >= 0.6 is 15.9 Å². The third-order valence-corrected chi connectivity index (χ3v) is 4.69. The number of nitrogens with zero attached hydrogens (tertiary/aromatic N) is 1. The predicted octanol–water partition coefficient (Wildman–Crippen LogP) is 3.80. The number of aromatic nitrogens is 1. The maximum Gasteiger partial charge on any atom is 0.133 e. The third-order valence-electron chi connectivity index (χ3n) is 4.00. The molecule has 1 aromatic carbocycles. The zero-order valence-electron chi connectivity index (χ0n) is 11.5. The molecule has 0 bridgehead atoms. The van der Waals surface area contributed by atoms with Crippen LogP contribution in [-0.2, 0) is 0 Å². The molecule has 1 aromatic heterocycles. The monoisotopic (exact) mass is 333 g/mol. The SMILES string of the molecule is Brc1cccc2c(NCCC3CCCNC3)nccc12. The molecule has 1 aliphatic rings. The van der Waals surface area contributed by atoms with Gasteiger partial charge in [-0.2, -0.15) is 0 Å². The molecule has 1 aliphatic heterocycles. The minimum Gasteiger partial charge on any atom is -0.370 e. The highest BCUT2D eigenvalue weighted by Crippen LogP contribution is 2.27. The van der Waals surface area contributed by atoms with E-state index >= 15 is 0 Å². The molecule has 0 radical (unpaired) electrons. The Morgan fingerprint density at radius 1 is 1.30 bits per heavy atom. The summed E-state index contributed by atoms with van der Waals surface area (Å²) in [4.78, 5) is 4.48. The summed E-state index contributed by atoms with van der Waals surface area (Å²) < 4.78 is 1.12. The molecule has 1 fully saturated rings. The zero-order valence-corrected chi connectivity index (χ0v) is 13.1. The minimum absolute atomic E-state index is 0.804. The van der Waals surface area contributed by atoms with Crippen molar-refractivity contribution < 1.29 is 0 Å². The molecule has 2 heterocycles. The Morgan fingerprint density at radius 2 is 2.25 bits per heavy atom. The Kier molecular flexibility index (Phi) is 4.53. The number of piperidine rings is 1. The molecule has 0 spiro atoms. The van der Waals surface area contributed by atoms with Crippen molar-refractivity contribution >= 4 is 32.5 Å². The Morgan fingerprint density at radius 3 is 3.10 bits per heavy atom. The summed E-state index contributed by atoms with van der Waals surface area (Å²) in [7, 11) is 0. The molecule has 0 saturated carbocycles. The van der Waals surface area contributed by atoms with Crippen molar-refractivity contribution in [3.8, 4) is 0 Å². The van der Waals surface area contributed by atoms with Gasteiger partial charge in [0, 0.05) is 28.0 Å². The summed E-state index contributed by atoms with van der Waals surface area (Å²) in [5.74, 6) is 1.80. The molecule has 20 heavy (non-hydrogen) atoms. The Labute approximate surface area is 128 Å². The van der Waals surface area contributed by atoms with Gasteiger partial charge in [0.05, 0.1) is 0 Å². The van der Waals surface area contributed by atoms with Crippen LogP contribution in [0.1, 0.15) is 19.3 Å². The number of pyridine rings is 1. The summed E-state index contributed by atoms with van der Waals surface area (Å²) in [5.41, 5.74) is 0. The number of benzene rings is 1. The molecule has 1 unspecified atom stereocenters. The lowest BCUT2D eigenvalue weighted by molar-refractivity contribution is 0.364. The van der Waals surface area contributed by atoms with Crippen LogP contribution in [-0.4, -0.2) is 24.6 Å². The smallest absolute Gasteiger partial charge is 0.133 e. The molecule has 0 aliphatic carbocycles. The van der Waals surface area contributed by atoms with E-state index in [0.717, 1.165) is 29.3 Å². The van der Waals surface area contributed by atoms with E-state index in [4.69, 9.17) is 0 Å². The topological polar surface area (TPSA) is 37.0 Å². The van der Waals surface area contributed by atoms with Crippen LogP contribution in [0.5, 0.6) is 0 Å². The van der Waals surface area contributed by atoms with Gasteiger partial charge in [0.25, 0.3) is 0 Å². The van der Waals surface area contributed by atoms with Crippen LogP contribution in [0.4, 0.5) is 5.82 Å². The summed E-state index contributed by atoms with van der Waals surface area (Å²) in [5, 5.41) is 9.37. The summed E-state index contributed by atoms with van der Waals surface area (Å²) in [6.07, 6.45) is 5.74. The van der Waals surface area contributed by atoms with Crippen molar-refractivity contribution in [2.75, 3.05) is 25.0 Å². The van der Waals surface area contributed by atoms with Gasteiger partial charge < -0.3 is 10.6 Å². The molecule has 4 heteroatoms. The van der Waals surface area contributed by atoms with Gasteiger partial charge >= 0.3 is 0 Å². The molecule has 2 N–H and O–H groups in total. The number of fused-ring (bicyclic) bond motifs is 1. The molecule has 1 atom stereocenters. The van der Waals surface area contributed by atoms with Gasteiger partial charge in [-0.3, -0.25) is 0 Å². The fourth-order valence-corrected chi connectivity index (χ4v) is 3.37. The largest absolute Gasteiger partial charge is 0.370 e. The van der Waals surface area contributed by atoms with Crippen LogP contribution in [0.2, 0.25) is 0 Å². The molecule has 3 nitrogen and oxygen atoms in total. The molecule has 1 saturated heterocycles. The second kappa shape index (κ2) is 6.55. The molecule has 2 aromatic rings. The van der Waals surface area contributed by atoms with Gasteiger partial charge in [-0.25, -0.2) is 4.98 Å². The van der Waals surface area contributed by atoms with E-state index in [1.165, 1.54) is 36.6 Å². The first-order valence-corrected chi connectivity index (χ1v) is 8.12. The van der Waals surface area contributed by atoms with E-state index in [0.29, 0.717) is 0 Å². The fourth-order valence-electron chi connectivity index (χ4n) is 2.87. The highest BCUT2D eigenvalue weighted by molar-refractivity contribution is 9.10. The lowest BCUT2D eigenvalue weighted by Crippen LogP contribution is -2.30. The van der Waals surface area contributed by atoms with Gasteiger partial charge in [-0.1, -0.05) is 28.1 Å². The molecule has 3 rings (SSSR count). The second-order valence-corrected chi connectivity index (χ2v) is 6.28. The quantitative estimate of drug-likeness (QED) is 0.893. The van der Waals surface area contributed by atoms with E-state index in [9.17, 15) is 0 Å². The van der Waals surface area contributed by atoms with Crippen LogP contribution in [0, 0.1) is 5.92 Å². The van der Waals surface area contributed by atoms with Gasteiger partial charge in [-0.05, 0) is 50.4 Å². The van der Waals surface area contributed by atoms with Crippen molar-refractivity contribution in [3.05, 3.63) is 34.9 Å². The second-order valence-electron chi connectivity index (χ2n) is 5.42. The summed E-state index contributed by atoms with van der Waals surface area (Å²) in [6, 6.07) is 8.30. The molecule has 106 valence electrons. The van der Waals surface area contributed by atoms with Crippen LogP contribution < -0.4 is 10.6 Å². The van der Waals surface area contributed by atoms with Gasteiger partial charge in [0.15, 0.2) is 0 Å². The van der Waals surface area contributed by atoms with E-state index in [2.05, 4.69) is 55.8 Å². The number of halogens is 1. The number of hydrogen-bond acceptors (Lipinski definition) is 3. The summed E-state index contributed by atoms with van der Waals surface area (Å²) in [6.45, 7) is 3.34. The Bertz CT molecular complexity index is 579. The Hall–Kier alpha value is -1.13. The number of hydrogen-bond donors (Lipinski definition) is 2. The van der Waals surface area contributed by atoms with Gasteiger partial charge in [0.2, 0.25) is 0 Å². The number of nitrogens with one attached hydrogen (secondary N) is 2. The normalized spacial score (nSPS) is 19.1. The third kappa shape index (κ3) is 3.13. The minimum atomic E-state index is 0.804. The standard InChI is InChI=1S/C16H20BrN3/c17-15-5-1-4-14-13(15)7-10-20-16(14)19-9-6-12-3-2-8-18-11-12/h1,4-5,7,10,12,18H,2-3,6,8-9,11H2,(H,19,20). The lowest BCUT2D eigenvalue weighted by atomic mass is 9.96. The van der Waals surface area contributed by atoms with E-state index in [1.807, 2.05) is 6.20 Å². The maximum atomic E-state index is 4.48. The summed E-state index contributed by atoms with van der Waals surface area (Å²) >= 11 is 3.60. The van der Waals surface area contributed by atoms with Crippen molar-refractivity contribution in [3.63, 3.8) is 0 Å². The van der Waals surface area contributed by atoms with Gasteiger partial charge in [0.1, 0.15) is 5.82 Å². The first kappa shape index (κ1) is 13.8. The van der Waals surface area contributed by atoms with Crippen molar-refractivity contribution in [1.29, 1.82) is 0 Å². The first-order valence-electron chi connectivity index (χ1n) is 7.32.